The van der Waals surface area contributed by atoms with Crippen LogP contribution in [-0.2, 0) is 19.1 Å². The Morgan fingerprint density at radius 1 is 1.15 bits per heavy atom. The number of anilines is 1. The fraction of sp³-hybridized carbons (Fsp3) is 0.581. The van der Waals surface area contributed by atoms with E-state index in [1.807, 2.05) is 26.0 Å². The maximum Gasteiger partial charge on any atom is 0.253 e. The number of carbonyl (C=O) groups excluding carboxylic acids is 3. The first-order chi connectivity index (χ1) is 19.1. The highest BCUT2D eigenvalue weighted by Crippen LogP contribution is 2.63. The van der Waals surface area contributed by atoms with Gasteiger partial charge in [0, 0.05) is 33.3 Å². The average Bonchev–Trinajstić information content (AvgIpc) is 3.48. The minimum Gasteiger partial charge on any atom is -0.396 e. The molecule has 9 heteroatoms. The molecule has 1 aromatic carbocycles. The van der Waals surface area contributed by atoms with Crippen LogP contribution in [0.3, 0.4) is 0 Å². The summed E-state index contributed by atoms with van der Waals surface area (Å²) in [4.78, 5) is 47.6. The van der Waals surface area contributed by atoms with E-state index in [1.54, 1.807) is 40.0 Å². The average molecular weight is 572 g/mol. The molecule has 3 fully saturated rings. The molecule has 40 heavy (non-hydrogen) atoms. The number of aliphatic hydroxyl groups excluding tert-OH is 1. The van der Waals surface area contributed by atoms with Crippen LogP contribution in [-0.4, -0.2) is 83.2 Å². The van der Waals surface area contributed by atoms with Gasteiger partial charge in [-0.15, -0.1) is 13.2 Å². The summed E-state index contributed by atoms with van der Waals surface area (Å²) in [5.74, 6) is -2.09. The maximum atomic E-state index is 14.7. The molecule has 3 aliphatic heterocycles. The van der Waals surface area contributed by atoms with Gasteiger partial charge < -0.3 is 24.5 Å². The number of hydrogen-bond acceptors (Lipinski definition) is 5. The van der Waals surface area contributed by atoms with Crippen LogP contribution in [0, 0.1) is 18.8 Å². The van der Waals surface area contributed by atoms with Gasteiger partial charge in [-0.25, -0.2) is 0 Å². The largest absolute Gasteiger partial charge is 0.396 e. The zero-order valence-corrected chi connectivity index (χ0v) is 24.7. The Hall–Kier alpha value is -2.68. The van der Waals surface area contributed by atoms with Crippen molar-refractivity contribution in [2.45, 2.75) is 69.6 Å². The number of rotatable bonds is 13. The van der Waals surface area contributed by atoms with Gasteiger partial charge in [-0.05, 0) is 51.2 Å². The van der Waals surface area contributed by atoms with Crippen LogP contribution in [0.15, 0.2) is 43.5 Å². The molecule has 0 aliphatic carbocycles. The summed E-state index contributed by atoms with van der Waals surface area (Å²) >= 11 is 6.63. The molecule has 0 aromatic heterocycles. The number of aliphatic hydroxyl groups is 1. The van der Waals surface area contributed by atoms with Crippen LogP contribution >= 0.6 is 11.6 Å². The Bertz CT molecular complexity index is 1150. The molecule has 1 N–H and O–H groups in total. The molecule has 2 unspecified atom stereocenters. The summed E-state index contributed by atoms with van der Waals surface area (Å²) in [6.45, 7) is 12.5. The fourth-order valence-corrected chi connectivity index (χ4v) is 7.45. The van der Waals surface area contributed by atoms with Crippen LogP contribution < -0.4 is 4.90 Å². The number of benzene rings is 1. The van der Waals surface area contributed by atoms with Gasteiger partial charge in [-0.2, -0.15) is 0 Å². The molecule has 3 aliphatic rings. The summed E-state index contributed by atoms with van der Waals surface area (Å²) in [6.07, 6.45) is 7.40. The number of aryl methyl sites for hydroxylation is 1. The van der Waals surface area contributed by atoms with Gasteiger partial charge in [0.2, 0.25) is 11.8 Å². The first-order valence-electron chi connectivity index (χ1n) is 14.2. The number of likely N-dealkylation sites (N-methyl/N-ethyl adjacent to an activating group) is 1. The van der Waals surface area contributed by atoms with Crippen LogP contribution in [0.4, 0.5) is 5.69 Å². The van der Waals surface area contributed by atoms with Crippen LogP contribution in [0.1, 0.15) is 51.0 Å². The summed E-state index contributed by atoms with van der Waals surface area (Å²) in [5.41, 5.74) is -0.541. The van der Waals surface area contributed by atoms with Crippen molar-refractivity contribution < 1.29 is 24.2 Å². The molecule has 5 atom stereocenters. The zero-order chi connectivity index (χ0) is 29.2. The molecule has 3 amide bonds. The topological polar surface area (TPSA) is 90.4 Å². The molecular formula is C31H42ClN3O5. The molecule has 218 valence electrons. The van der Waals surface area contributed by atoms with Crippen molar-refractivity contribution in [3.8, 4) is 0 Å². The summed E-state index contributed by atoms with van der Waals surface area (Å²) in [6, 6.07) is 4.58. The number of fused-ring (bicyclic) bond motifs is 1. The number of hydrogen-bond donors (Lipinski definition) is 1. The lowest BCUT2D eigenvalue weighted by Gasteiger charge is -2.37. The number of nitrogens with zero attached hydrogens (tertiary/aromatic N) is 3. The normalized spacial score (nSPS) is 28.5. The molecule has 3 heterocycles. The van der Waals surface area contributed by atoms with E-state index in [2.05, 4.69) is 13.2 Å². The number of ether oxygens (including phenoxy) is 1. The first kappa shape index (κ1) is 30.3. The van der Waals surface area contributed by atoms with Gasteiger partial charge in [0.25, 0.3) is 5.91 Å². The summed E-state index contributed by atoms with van der Waals surface area (Å²) < 4.78 is 6.76. The maximum absolute atomic E-state index is 14.7. The van der Waals surface area contributed by atoms with Crippen LogP contribution in [0.2, 0.25) is 5.02 Å². The summed E-state index contributed by atoms with van der Waals surface area (Å²) in [7, 11) is 1.71. The standard InChI is InChI=1S/C31H42ClN3O5/c1-6-17-33(5)27(37)23-24-28(38)35(19-10-8-9-11-20-36)26(31(24)16-15-30(23,4)40-31)29(39)34(18-7-2)25-21(3)13-12-14-22(25)32/h6-7,12-14,23-24,26,36H,1-2,8-11,15-20H2,3-5H3/t23-,24+,26?,30+,31?/m1/s1. The highest BCUT2D eigenvalue weighted by molar-refractivity contribution is 6.34. The van der Waals surface area contributed by atoms with E-state index in [-0.39, 0.29) is 30.9 Å². The van der Waals surface area contributed by atoms with E-state index >= 15 is 0 Å². The molecule has 1 aromatic rings. The minimum absolute atomic E-state index is 0.122. The third kappa shape index (κ3) is 4.99. The van der Waals surface area contributed by atoms with Crippen LogP contribution in [0.25, 0.3) is 0 Å². The fourth-order valence-electron chi connectivity index (χ4n) is 7.12. The number of para-hydroxylation sites is 1. The third-order valence-corrected chi connectivity index (χ3v) is 9.20. The Morgan fingerprint density at radius 2 is 1.85 bits per heavy atom. The lowest BCUT2D eigenvalue weighted by molar-refractivity contribution is -0.149. The molecule has 3 saturated heterocycles. The highest BCUT2D eigenvalue weighted by atomic mass is 35.5. The van der Waals surface area contributed by atoms with E-state index in [0.717, 1.165) is 18.4 Å². The molecule has 0 radical (unpaired) electrons. The van der Waals surface area contributed by atoms with E-state index in [9.17, 15) is 19.5 Å². The zero-order valence-electron chi connectivity index (χ0n) is 23.9. The quantitative estimate of drug-likeness (QED) is 0.284. The van der Waals surface area contributed by atoms with Crippen molar-refractivity contribution >= 4 is 35.0 Å². The smallest absolute Gasteiger partial charge is 0.253 e. The van der Waals surface area contributed by atoms with Crippen molar-refractivity contribution in [3.05, 3.63) is 54.1 Å². The Kier molecular flexibility index (Phi) is 9.12. The summed E-state index contributed by atoms with van der Waals surface area (Å²) in [5, 5.41) is 9.61. The molecule has 8 nitrogen and oxygen atoms in total. The molecule has 4 rings (SSSR count). The molecule has 0 saturated carbocycles. The second kappa shape index (κ2) is 12.0. The van der Waals surface area contributed by atoms with E-state index in [4.69, 9.17) is 16.3 Å². The molecular weight excluding hydrogens is 530 g/mol. The number of likely N-dealkylation sites (tertiary alicyclic amines) is 1. The van der Waals surface area contributed by atoms with Crippen LogP contribution in [0.5, 0.6) is 0 Å². The van der Waals surface area contributed by atoms with Gasteiger partial charge in [0.05, 0.1) is 28.1 Å². The lowest BCUT2D eigenvalue weighted by Crippen LogP contribution is -2.56. The third-order valence-electron chi connectivity index (χ3n) is 8.90. The van der Waals surface area contributed by atoms with Crippen molar-refractivity contribution in [3.63, 3.8) is 0 Å². The van der Waals surface area contributed by atoms with Gasteiger partial charge in [-0.1, -0.05) is 48.7 Å². The van der Waals surface area contributed by atoms with Gasteiger partial charge >= 0.3 is 0 Å². The number of halogens is 1. The van der Waals surface area contributed by atoms with Crippen molar-refractivity contribution in [1.82, 2.24) is 9.80 Å². The Morgan fingerprint density at radius 3 is 2.50 bits per heavy atom. The Balaban J connectivity index is 1.78. The molecule has 1 spiro atoms. The van der Waals surface area contributed by atoms with Crippen molar-refractivity contribution in [2.24, 2.45) is 11.8 Å². The lowest BCUT2D eigenvalue weighted by atomic mass is 9.66. The van der Waals surface area contributed by atoms with E-state index in [0.29, 0.717) is 49.5 Å². The highest BCUT2D eigenvalue weighted by Gasteiger charge is 2.78. The second-order valence-corrected chi connectivity index (χ2v) is 12.0. The number of unbranched alkanes of at least 4 members (excludes halogenated alkanes) is 3. The number of carbonyl (C=O) groups is 3. The SMILES string of the molecule is C=CCN(C)C(=O)[C@H]1[C@H]2C(=O)N(CCCCCCO)C(C(=O)N(CC=C)c3c(C)cccc3Cl)C23CC[C@]1(C)O3. The minimum atomic E-state index is -1.11. The first-order valence-corrected chi connectivity index (χ1v) is 14.6. The van der Waals surface area contributed by atoms with E-state index < -0.39 is 29.1 Å². The number of amides is 3. The van der Waals surface area contributed by atoms with Crippen molar-refractivity contribution in [2.75, 3.05) is 38.2 Å². The van der Waals surface area contributed by atoms with Gasteiger partial charge in [0.15, 0.2) is 0 Å². The predicted molar refractivity (Wildman–Crippen MR) is 156 cm³/mol. The van der Waals surface area contributed by atoms with Gasteiger partial charge in [-0.3, -0.25) is 14.4 Å². The van der Waals surface area contributed by atoms with Gasteiger partial charge in [0.1, 0.15) is 11.6 Å². The Labute approximate surface area is 242 Å². The predicted octanol–water partition coefficient (Wildman–Crippen LogP) is 4.13. The van der Waals surface area contributed by atoms with E-state index in [1.165, 1.54) is 0 Å². The second-order valence-electron chi connectivity index (χ2n) is 11.5. The monoisotopic (exact) mass is 571 g/mol. The van der Waals surface area contributed by atoms with Crippen molar-refractivity contribution in [1.29, 1.82) is 0 Å². The molecule has 2 bridgehead atoms.